The van der Waals surface area contributed by atoms with E-state index < -0.39 is 22.5 Å². The van der Waals surface area contributed by atoms with Gasteiger partial charge in [0.25, 0.3) is 0 Å². The van der Waals surface area contributed by atoms with Crippen molar-refractivity contribution in [2.45, 2.75) is 6.18 Å². The molecule has 0 radical (unpaired) electrons. The molecule has 0 amide bonds. The van der Waals surface area contributed by atoms with Gasteiger partial charge in [0, 0.05) is 29.4 Å². The van der Waals surface area contributed by atoms with E-state index in [1.165, 1.54) is 6.07 Å². The third kappa shape index (κ3) is 4.26. The van der Waals surface area contributed by atoms with Crippen molar-refractivity contribution in [1.82, 2.24) is 0 Å². The molecule has 0 aromatic heterocycles. The van der Waals surface area contributed by atoms with Crippen molar-refractivity contribution in [2.75, 3.05) is 29.6 Å². The van der Waals surface area contributed by atoms with Crippen LogP contribution in [-0.4, -0.2) is 22.8 Å². The van der Waals surface area contributed by atoms with Gasteiger partial charge in [0.15, 0.2) is 0 Å². The average Bonchev–Trinajstić information content (AvgIpc) is 2.18. The van der Waals surface area contributed by atoms with E-state index in [1.54, 1.807) is 6.26 Å². The fraction of sp³-hybridized carbons (Fsp3) is 0.400. The van der Waals surface area contributed by atoms with E-state index >= 15 is 0 Å². The average molecular weight is 266 g/mol. The molecule has 0 fully saturated rings. The van der Waals surface area contributed by atoms with Gasteiger partial charge in [-0.1, -0.05) is 0 Å². The Kier molecular flexibility index (Phi) is 4.39. The fourth-order valence-electron chi connectivity index (χ4n) is 1.23. The zero-order valence-electron chi connectivity index (χ0n) is 9.17. The molecule has 0 saturated heterocycles. The molecule has 1 rings (SSSR count). The summed E-state index contributed by atoms with van der Waals surface area (Å²) in [4.78, 5) is 0. The summed E-state index contributed by atoms with van der Waals surface area (Å²) in [6, 6.07) is 3.11. The minimum Gasteiger partial charge on any atom is -0.397 e. The number of halogens is 3. The molecule has 7 heteroatoms. The van der Waals surface area contributed by atoms with Gasteiger partial charge in [-0.3, -0.25) is 4.21 Å². The predicted octanol–water partition coefficient (Wildman–Crippen LogP) is 2.08. The summed E-state index contributed by atoms with van der Waals surface area (Å²) in [5.41, 5.74) is 5.17. The maximum absolute atomic E-state index is 12.3. The topological polar surface area (TPSA) is 55.1 Å². The van der Waals surface area contributed by atoms with Gasteiger partial charge >= 0.3 is 6.18 Å². The highest BCUT2D eigenvalue weighted by molar-refractivity contribution is 7.84. The number of hydrogen-bond acceptors (Lipinski definition) is 3. The lowest BCUT2D eigenvalue weighted by Crippen LogP contribution is -2.12. The Hall–Kier alpha value is -1.24. The minimum atomic E-state index is -4.39. The Bertz CT molecular complexity index is 421. The molecule has 3 N–H and O–H groups in total. The Labute approximate surface area is 99.7 Å². The summed E-state index contributed by atoms with van der Waals surface area (Å²) in [6.07, 6.45) is -2.84. The molecule has 1 aromatic carbocycles. The number of anilines is 2. The van der Waals surface area contributed by atoms with Crippen molar-refractivity contribution in [1.29, 1.82) is 0 Å². The molecule has 0 aliphatic carbocycles. The molecule has 0 saturated carbocycles. The highest BCUT2D eigenvalue weighted by atomic mass is 32.2. The smallest absolute Gasteiger partial charge is 0.397 e. The fourth-order valence-corrected chi connectivity index (χ4v) is 1.62. The van der Waals surface area contributed by atoms with Crippen LogP contribution in [0.5, 0.6) is 0 Å². The second-order valence-corrected chi connectivity index (χ2v) is 5.06. The molecule has 17 heavy (non-hydrogen) atoms. The van der Waals surface area contributed by atoms with E-state index in [0.29, 0.717) is 18.0 Å². The van der Waals surface area contributed by atoms with Crippen LogP contribution < -0.4 is 11.1 Å². The molecule has 1 unspecified atom stereocenters. The van der Waals surface area contributed by atoms with Crippen LogP contribution >= 0.6 is 0 Å². The minimum absolute atomic E-state index is 0.0294. The van der Waals surface area contributed by atoms with Gasteiger partial charge in [0.05, 0.1) is 16.9 Å². The SMILES string of the molecule is CS(=O)CCNc1ccc(C(F)(F)F)cc1N. The molecule has 0 spiro atoms. The van der Waals surface area contributed by atoms with Crippen LogP contribution in [0.1, 0.15) is 5.56 Å². The Morgan fingerprint density at radius 1 is 1.41 bits per heavy atom. The first kappa shape index (κ1) is 13.8. The highest BCUT2D eigenvalue weighted by Crippen LogP contribution is 2.32. The van der Waals surface area contributed by atoms with Crippen molar-refractivity contribution in [2.24, 2.45) is 0 Å². The second-order valence-electron chi connectivity index (χ2n) is 3.50. The standard InChI is InChI=1S/C10H13F3N2OS/c1-17(16)5-4-15-9-3-2-7(6-8(9)14)10(11,12)13/h2-3,6,15H,4-5,14H2,1H3. The molecule has 96 valence electrons. The van der Waals surface area contributed by atoms with Crippen LogP contribution in [0.3, 0.4) is 0 Å². The zero-order chi connectivity index (χ0) is 13.1. The summed E-state index contributed by atoms with van der Waals surface area (Å²) in [5, 5.41) is 2.84. The van der Waals surface area contributed by atoms with E-state index in [-0.39, 0.29) is 5.69 Å². The van der Waals surface area contributed by atoms with Crippen LogP contribution in [0.4, 0.5) is 24.5 Å². The normalized spacial score (nSPS) is 13.4. The van der Waals surface area contributed by atoms with Crippen molar-refractivity contribution in [3.8, 4) is 0 Å². The number of nitrogens with one attached hydrogen (secondary N) is 1. The Morgan fingerprint density at radius 3 is 2.53 bits per heavy atom. The molecular formula is C10H13F3N2OS. The largest absolute Gasteiger partial charge is 0.416 e. The number of alkyl halides is 3. The van der Waals surface area contributed by atoms with Crippen LogP contribution in [0, 0.1) is 0 Å². The molecular weight excluding hydrogens is 253 g/mol. The number of nitrogen functional groups attached to an aromatic ring is 1. The van der Waals surface area contributed by atoms with Gasteiger partial charge in [0.1, 0.15) is 0 Å². The van der Waals surface area contributed by atoms with Gasteiger partial charge in [-0.05, 0) is 18.2 Å². The van der Waals surface area contributed by atoms with Gasteiger partial charge in [0.2, 0.25) is 0 Å². The molecule has 0 aliphatic rings. The first-order valence-electron chi connectivity index (χ1n) is 4.81. The molecule has 0 heterocycles. The summed E-state index contributed by atoms with van der Waals surface area (Å²) in [5.74, 6) is 0.417. The van der Waals surface area contributed by atoms with Gasteiger partial charge < -0.3 is 11.1 Å². The molecule has 1 aromatic rings. The first-order valence-corrected chi connectivity index (χ1v) is 6.54. The van der Waals surface area contributed by atoms with Crippen molar-refractivity contribution >= 4 is 22.2 Å². The van der Waals surface area contributed by atoms with Crippen molar-refractivity contribution < 1.29 is 17.4 Å². The third-order valence-electron chi connectivity index (χ3n) is 2.08. The summed E-state index contributed by atoms with van der Waals surface area (Å²) in [7, 11) is -0.948. The summed E-state index contributed by atoms with van der Waals surface area (Å²) < 4.78 is 47.8. The lowest BCUT2D eigenvalue weighted by Gasteiger charge is -2.12. The van der Waals surface area contributed by atoms with E-state index in [1.807, 2.05) is 0 Å². The van der Waals surface area contributed by atoms with Crippen molar-refractivity contribution in [3.05, 3.63) is 23.8 Å². The molecule has 1 atom stereocenters. The van der Waals surface area contributed by atoms with E-state index in [4.69, 9.17) is 5.73 Å². The van der Waals surface area contributed by atoms with Crippen LogP contribution in [0.25, 0.3) is 0 Å². The zero-order valence-corrected chi connectivity index (χ0v) is 9.99. The number of hydrogen-bond donors (Lipinski definition) is 2. The van der Waals surface area contributed by atoms with E-state index in [0.717, 1.165) is 12.1 Å². The number of benzene rings is 1. The monoisotopic (exact) mass is 266 g/mol. The van der Waals surface area contributed by atoms with Crippen LogP contribution in [0.15, 0.2) is 18.2 Å². The maximum atomic E-state index is 12.3. The number of nitrogens with two attached hydrogens (primary N) is 1. The summed E-state index contributed by atoms with van der Waals surface area (Å²) >= 11 is 0. The van der Waals surface area contributed by atoms with Crippen LogP contribution in [-0.2, 0) is 17.0 Å². The lowest BCUT2D eigenvalue weighted by atomic mass is 10.1. The first-order chi connectivity index (χ1) is 7.80. The molecule has 3 nitrogen and oxygen atoms in total. The predicted molar refractivity (Wildman–Crippen MR) is 63.3 cm³/mol. The third-order valence-corrected chi connectivity index (χ3v) is 2.86. The van der Waals surface area contributed by atoms with Crippen molar-refractivity contribution in [3.63, 3.8) is 0 Å². The van der Waals surface area contributed by atoms with E-state index in [2.05, 4.69) is 5.32 Å². The quantitative estimate of drug-likeness (QED) is 0.820. The van der Waals surface area contributed by atoms with Gasteiger partial charge in [-0.25, -0.2) is 0 Å². The lowest BCUT2D eigenvalue weighted by molar-refractivity contribution is -0.137. The van der Waals surface area contributed by atoms with Gasteiger partial charge in [-0.15, -0.1) is 0 Å². The van der Waals surface area contributed by atoms with Crippen LogP contribution in [0.2, 0.25) is 0 Å². The Morgan fingerprint density at radius 2 is 2.06 bits per heavy atom. The Balaban J connectivity index is 2.73. The van der Waals surface area contributed by atoms with E-state index in [9.17, 15) is 17.4 Å². The number of rotatable bonds is 4. The summed E-state index contributed by atoms with van der Waals surface area (Å²) in [6.45, 7) is 0.401. The maximum Gasteiger partial charge on any atom is 0.416 e. The van der Waals surface area contributed by atoms with Gasteiger partial charge in [-0.2, -0.15) is 13.2 Å². The second kappa shape index (κ2) is 5.39. The molecule has 0 aliphatic heterocycles. The molecule has 0 bridgehead atoms. The highest BCUT2D eigenvalue weighted by Gasteiger charge is 2.30.